The number of halogens is 2. The van der Waals surface area contributed by atoms with Crippen molar-refractivity contribution in [1.29, 1.82) is 0 Å². The van der Waals surface area contributed by atoms with Gasteiger partial charge in [0.1, 0.15) is 5.75 Å². The van der Waals surface area contributed by atoms with Gasteiger partial charge < -0.3 is 15.4 Å². The number of aromatic amines is 1. The molecule has 1 aromatic carbocycles. The Bertz CT molecular complexity index is 649. The van der Waals surface area contributed by atoms with Crippen LogP contribution in [0.1, 0.15) is 12.8 Å². The van der Waals surface area contributed by atoms with Gasteiger partial charge in [0.2, 0.25) is 5.91 Å². The average molecular weight is 404 g/mol. The van der Waals surface area contributed by atoms with Crippen LogP contribution in [0, 0.1) is 0 Å². The molecule has 0 spiro atoms. The summed E-state index contributed by atoms with van der Waals surface area (Å²) in [6.45, 7) is 2.41. The molecule has 1 aromatic heterocycles. The van der Waals surface area contributed by atoms with E-state index >= 15 is 0 Å². The van der Waals surface area contributed by atoms with Crippen molar-refractivity contribution >= 4 is 36.4 Å². The van der Waals surface area contributed by atoms with E-state index in [0.717, 1.165) is 31.6 Å². The molecule has 0 bridgehead atoms. The van der Waals surface area contributed by atoms with Crippen molar-refractivity contribution in [3.8, 4) is 11.8 Å². The monoisotopic (exact) mass is 403 g/mol. The number of tetrazole rings is 1. The fourth-order valence-corrected chi connectivity index (χ4v) is 2.71. The molecule has 2 heterocycles. The van der Waals surface area contributed by atoms with Crippen LogP contribution < -0.4 is 15.4 Å². The van der Waals surface area contributed by atoms with Gasteiger partial charge in [0.25, 0.3) is 0 Å². The summed E-state index contributed by atoms with van der Waals surface area (Å²) in [6, 6.07) is 7.64. The second-order valence-corrected chi connectivity index (χ2v) is 5.77. The Labute approximate surface area is 164 Å². The lowest BCUT2D eigenvalue weighted by Gasteiger charge is -2.31. The number of carbonyl (C=O) groups is 1. The van der Waals surface area contributed by atoms with Gasteiger partial charge >= 0.3 is 6.01 Å². The van der Waals surface area contributed by atoms with Crippen LogP contribution in [0.3, 0.4) is 0 Å². The van der Waals surface area contributed by atoms with Gasteiger partial charge in [-0.05, 0) is 62.5 Å². The average Bonchev–Trinajstić information content (AvgIpc) is 3.10. The molecular weight excluding hydrogens is 381 g/mol. The lowest BCUT2D eigenvalue weighted by molar-refractivity contribution is -0.117. The Morgan fingerprint density at radius 1 is 1.27 bits per heavy atom. The third kappa shape index (κ3) is 6.41. The smallest absolute Gasteiger partial charge is 0.361 e. The summed E-state index contributed by atoms with van der Waals surface area (Å²) in [5, 5.41) is 19.4. The zero-order valence-corrected chi connectivity index (χ0v) is 16.0. The predicted octanol–water partition coefficient (Wildman–Crippen LogP) is 1.46. The van der Waals surface area contributed by atoms with Crippen molar-refractivity contribution in [2.24, 2.45) is 0 Å². The summed E-state index contributed by atoms with van der Waals surface area (Å²) in [4.78, 5) is 14.3. The van der Waals surface area contributed by atoms with E-state index in [1.54, 1.807) is 24.3 Å². The second kappa shape index (κ2) is 10.9. The maximum Gasteiger partial charge on any atom is 0.361 e. The number of amides is 1. The van der Waals surface area contributed by atoms with Gasteiger partial charge in [-0.25, -0.2) is 0 Å². The number of piperidine rings is 1. The quantitative estimate of drug-likeness (QED) is 0.669. The number of aromatic nitrogens is 4. The normalized spacial score (nSPS) is 14.2. The van der Waals surface area contributed by atoms with E-state index in [4.69, 9.17) is 4.74 Å². The van der Waals surface area contributed by atoms with Crippen molar-refractivity contribution in [3.05, 3.63) is 24.3 Å². The second-order valence-electron chi connectivity index (χ2n) is 5.77. The molecule has 1 aliphatic rings. The number of H-pyrrole nitrogens is 1. The summed E-state index contributed by atoms with van der Waals surface area (Å²) in [5.74, 6) is 0.545. The summed E-state index contributed by atoms with van der Waals surface area (Å²) >= 11 is 0. The molecule has 11 heteroatoms. The SMILES string of the molecule is CN(CC(=O)Nc1ccc(Oc2nn[nH]n2)cc1)C1CCNCC1.Cl.Cl. The number of anilines is 1. The van der Waals surface area contributed by atoms with Gasteiger partial charge in [-0.15, -0.1) is 24.8 Å². The van der Waals surface area contributed by atoms with E-state index in [2.05, 4.69) is 36.2 Å². The molecule has 2 aromatic rings. The Hall–Kier alpha value is -1.94. The van der Waals surface area contributed by atoms with Crippen LogP contribution in [-0.2, 0) is 4.79 Å². The van der Waals surface area contributed by atoms with E-state index in [-0.39, 0.29) is 36.7 Å². The van der Waals surface area contributed by atoms with Crippen LogP contribution >= 0.6 is 24.8 Å². The maximum atomic E-state index is 12.2. The minimum atomic E-state index is -0.0251. The van der Waals surface area contributed by atoms with Crippen molar-refractivity contribution in [2.75, 3.05) is 32.0 Å². The zero-order valence-electron chi connectivity index (χ0n) is 14.3. The number of hydrogen-bond acceptors (Lipinski definition) is 7. The number of rotatable bonds is 6. The topological polar surface area (TPSA) is 108 Å². The fraction of sp³-hybridized carbons (Fsp3) is 0.467. The number of ether oxygens (including phenoxy) is 1. The molecule has 3 N–H and O–H groups in total. The highest BCUT2D eigenvalue weighted by Gasteiger charge is 2.19. The van der Waals surface area contributed by atoms with Crippen molar-refractivity contribution in [2.45, 2.75) is 18.9 Å². The Balaban J connectivity index is 0.00000169. The molecule has 0 saturated carbocycles. The minimum Gasteiger partial charge on any atom is -0.422 e. The molecule has 0 radical (unpaired) electrons. The van der Waals surface area contributed by atoms with Crippen molar-refractivity contribution in [1.82, 2.24) is 30.8 Å². The number of carbonyl (C=O) groups excluding carboxylic acids is 1. The van der Waals surface area contributed by atoms with Crippen LogP contribution in [0.25, 0.3) is 0 Å². The Morgan fingerprint density at radius 3 is 2.58 bits per heavy atom. The van der Waals surface area contributed by atoms with E-state index in [1.165, 1.54) is 0 Å². The van der Waals surface area contributed by atoms with Gasteiger partial charge in [0.15, 0.2) is 0 Å². The van der Waals surface area contributed by atoms with Crippen molar-refractivity contribution < 1.29 is 9.53 Å². The number of benzene rings is 1. The van der Waals surface area contributed by atoms with Gasteiger partial charge in [0.05, 0.1) is 6.54 Å². The molecule has 144 valence electrons. The zero-order chi connectivity index (χ0) is 16.8. The van der Waals surface area contributed by atoms with Crippen LogP contribution in [0.15, 0.2) is 24.3 Å². The molecule has 0 aliphatic carbocycles. The summed E-state index contributed by atoms with van der Waals surface area (Å²) in [7, 11) is 2.00. The first-order valence-corrected chi connectivity index (χ1v) is 7.93. The third-order valence-electron chi connectivity index (χ3n) is 4.00. The largest absolute Gasteiger partial charge is 0.422 e. The number of nitrogens with one attached hydrogen (secondary N) is 3. The van der Waals surface area contributed by atoms with Crippen molar-refractivity contribution in [3.63, 3.8) is 0 Å². The molecule has 0 unspecified atom stereocenters. The Kier molecular flexibility index (Phi) is 9.28. The molecule has 3 rings (SSSR count). The maximum absolute atomic E-state index is 12.2. The highest BCUT2D eigenvalue weighted by atomic mass is 35.5. The molecule has 1 aliphatic heterocycles. The molecule has 0 atom stereocenters. The van der Waals surface area contributed by atoms with E-state index < -0.39 is 0 Å². The molecule has 1 fully saturated rings. The standard InChI is InChI=1S/C15H21N7O2.2ClH/c1-22(12-6-8-16-9-7-12)10-14(23)17-11-2-4-13(5-3-11)24-15-18-20-21-19-15;;/h2-5,12,16H,6-10H2,1H3,(H,17,23)(H,18,19,20,21);2*1H. The first-order valence-electron chi connectivity index (χ1n) is 7.93. The van der Waals surface area contributed by atoms with Gasteiger partial charge in [0, 0.05) is 11.7 Å². The summed E-state index contributed by atoms with van der Waals surface area (Å²) in [5.41, 5.74) is 0.721. The first-order chi connectivity index (χ1) is 11.7. The summed E-state index contributed by atoms with van der Waals surface area (Å²) < 4.78 is 5.38. The Morgan fingerprint density at radius 2 is 1.96 bits per heavy atom. The molecule has 1 amide bonds. The van der Waals surface area contributed by atoms with E-state index in [9.17, 15) is 4.79 Å². The van der Waals surface area contributed by atoms with Crippen LogP contribution in [0.5, 0.6) is 11.8 Å². The lowest BCUT2D eigenvalue weighted by Crippen LogP contribution is -2.44. The molecular formula is C15H23Cl2N7O2. The van der Waals surface area contributed by atoms with Gasteiger partial charge in [-0.1, -0.05) is 10.2 Å². The third-order valence-corrected chi connectivity index (χ3v) is 4.00. The lowest BCUT2D eigenvalue weighted by atomic mass is 10.1. The summed E-state index contributed by atoms with van der Waals surface area (Å²) in [6.07, 6.45) is 2.15. The number of nitrogens with zero attached hydrogens (tertiary/aromatic N) is 4. The highest BCUT2D eigenvalue weighted by molar-refractivity contribution is 5.92. The molecule has 9 nitrogen and oxygen atoms in total. The fourth-order valence-electron chi connectivity index (χ4n) is 2.71. The van der Waals surface area contributed by atoms with Crippen LogP contribution in [0.2, 0.25) is 0 Å². The number of hydrogen-bond donors (Lipinski definition) is 3. The molecule has 1 saturated heterocycles. The highest BCUT2D eigenvalue weighted by Crippen LogP contribution is 2.19. The van der Waals surface area contributed by atoms with Crippen LogP contribution in [0.4, 0.5) is 5.69 Å². The predicted molar refractivity (Wildman–Crippen MR) is 102 cm³/mol. The van der Waals surface area contributed by atoms with Gasteiger partial charge in [-0.3, -0.25) is 9.69 Å². The minimum absolute atomic E-state index is 0. The van der Waals surface area contributed by atoms with E-state index in [0.29, 0.717) is 18.3 Å². The molecule has 26 heavy (non-hydrogen) atoms. The van der Waals surface area contributed by atoms with Gasteiger partial charge in [-0.2, -0.15) is 5.21 Å². The first kappa shape index (κ1) is 22.1. The van der Waals surface area contributed by atoms with Crippen LogP contribution in [-0.4, -0.2) is 64.2 Å². The number of likely N-dealkylation sites (N-methyl/N-ethyl adjacent to an activating group) is 1. The van der Waals surface area contributed by atoms with E-state index in [1.807, 2.05) is 7.05 Å².